The van der Waals surface area contributed by atoms with Crippen molar-refractivity contribution >= 4 is 51.6 Å². The second-order valence-corrected chi connectivity index (χ2v) is 8.07. The van der Waals surface area contributed by atoms with Crippen LogP contribution >= 0.6 is 35.5 Å². The molecule has 1 fully saturated rings. The van der Waals surface area contributed by atoms with Gasteiger partial charge in [0.25, 0.3) is 0 Å². The van der Waals surface area contributed by atoms with Gasteiger partial charge in [0.2, 0.25) is 5.91 Å². The molecule has 0 saturated carbocycles. The molecule has 0 radical (unpaired) electrons. The van der Waals surface area contributed by atoms with Crippen molar-refractivity contribution in [2.24, 2.45) is 5.73 Å². The van der Waals surface area contributed by atoms with Crippen molar-refractivity contribution in [2.75, 3.05) is 18.8 Å². The Labute approximate surface area is 156 Å². The molecule has 0 spiro atoms. The van der Waals surface area contributed by atoms with Gasteiger partial charge in [-0.15, -0.1) is 23.7 Å². The van der Waals surface area contributed by atoms with Gasteiger partial charge in [0.15, 0.2) is 0 Å². The van der Waals surface area contributed by atoms with Gasteiger partial charge in [-0.05, 0) is 38.7 Å². The van der Waals surface area contributed by atoms with Gasteiger partial charge >= 0.3 is 0 Å². The zero-order chi connectivity index (χ0) is 16.4. The predicted molar refractivity (Wildman–Crippen MR) is 103 cm³/mol. The number of aryl methyl sites for hydroxylation is 2. The van der Waals surface area contributed by atoms with E-state index in [1.165, 1.54) is 28.6 Å². The topological polar surface area (TPSA) is 72.1 Å². The molecule has 1 saturated heterocycles. The second-order valence-electron chi connectivity index (χ2n) is 5.90. The summed E-state index contributed by atoms with van der Waals surface area (Å²) in [7, 11) is 0. The molecule has 1 aliphatic rings. The monoisotopic (exact) mass is 386 g/mol. The molecule has 0 aromatic carbocycles. The van der Waals surface area contributed by atoms with Crippen LogP contribution in [0.2, 0.25) is 0 Å². The van der Waals surface area contributed by atoms with E-state index in [1.807, 2.05) is 4.90 Å². The van der Waals surface area contributed by atoms with Gasteiger partial charge in [0.05, 0.1) is 5.75 Å². The van der Waals surface area contributed by atoms with Crippen LogP contribution in [0.25, 0.3) is 10.2 Å². The first-order chi connectivity index (χ1) is 11.1. The lowest BCUT2D eigenvalue weighted by molar-refractivity contribution is -0.131. The smallest absolute Gasteiger partial charge is 0.233 e. The third-order valence-corrected chi connectivity index (χ3v) is 6.57. The Balaban J connectivity index is 0.00000208. The molecule has 2 aromatic heterocycles. The lowest BCUT2D eigenvalue weighted by Gasteiger charge is -2.35. The highest BCUT2D eigenvalue weighted by Gasteiger charge is 2.25. The van der Waals surface area contributed by atoms with Crippen LogP contribution in [-0.2, 0) is 4.79 Å². The Kier molecular flexibility index (Phi) is 6.86. The maximum absolute atomic E-state index is 12.6. The Bertz CT molecular complexity index is 721. The van der Waals surface area contributed by atoms with Crippen molar-refractivity contribution in [2.45, 2.75) is 44.2 Å². The molecular weight excluding hydrogens is 364 g/mol. The molecule has 0 aliphatic carbocycles. The summed E-state index contributed by atoms with van der Waals surface area (Å²) in [6.07, 6.45) is 4.85. The molecule has 24 heavy (non-hydrogen) atoms. The number of rotatable bonds is 4. The van der Waals surface area contributed by atoms with E-state index in [4.69, 9.17) is 5.73 Å². The standard InChI is InChI=1S/C16H22N4OS2.ClH/c1-10-11(2)23-16-14(10)15(18-9-19-16)22-8-13(21)20-6-4-3-5-12(20)7-17;/h9,12H,3-8,17H2,1-2H3;1H. The van der Waals surface area contributed by atoms with Crippen molar-refractivity contribution in [3.05, 3.63) is 16.8 Å². The zero-order valence-electron chi connectivity index (χ0n) is 13.9. The third kappa shape index (κ3) is 3.85. The number of carbonyl (C=O) groups is 1. The maximum Gasteiger partial charge on any atom is 0.233 e. The molecule has 2 N–H and O–H groups in total. The van der Waals surface area contributed by atoms with Crippen LogP contribution in [-0.4, -0.2) is 45.7 Å². The molecule has 3 rings (SSSR count). The van der Waals surface area contributed by atoms with E-state index in [-0.39, 0.29) is 24.4 Å². The van der Waals surface area contributed by atoms with Gasteiger partial charge in [0, 0.05) is 29.4 Å². The summed E-state index contributed by atoms with van der Waals surface area (Å²) >= 11 is 3.20. The van der Waals surface area contributed by atoms with Crippen LogP contribution in [0.15, 0.2) is 11.4 Å². The summed E-state index contributed by atoms with van der Waals surface area (Å²) < 4.78 is 0. The minimum atomic E-state index is 0. The molecule has 5 nitrogen and oxygen atoms in total. The largest absolute Gasteiger partial charge is 0.338 e. The summed E-state index contributed by atoms with van der Waals surface area (Å²) in [4.78, 5) is 25.5. The molecule has 3 heterocycles. The summed E-state index contributed by atoms with van der Waals surface area (Å²) in [6.45, 7) is 5.58. The zero-order valence-corrected chi connectivity index (χ0v) is 16.4. The fraction of sp³-hybridized carbons (Fsp3) is 0.562. The number of hydrogen-bond donors (Lipinski definition) is 1. The van der Waals surface area contributed by atoms with Gasteiger partial charge < -0.3 is 10.6 Å². The number of amides is 1. The number of likely N-dealkylation sites (tertiary alicyclic amines) is 1. The van der Waals surface area contributed by atoms with Crippen LogP contribution in [0.4, 0.5) is 0 Å². The van der Waals surface area contributed by atoms with Crippen LogP contribution in [0.3, 0.4) is 0 Å². The first-order valence-corrected chi connectivity index (χ1v) is 9.75. The predicted octanol–water partition coefficient (Wildman–Crippen LogP) is 3.16. The molecule has 1 amide bonds. The minimum Gasteiger partial charge on any atom is -0.338 e. The van der Waals surface area contributed by atoms with Crippen LogP contribution in [0, 0.1) is 13.8 Å². The number of thioether (sulfide) groups is 1. The molecule has 1 aliphatic heterocycles. The van der Waals surface area contributed by atoms with Crippen molar-refractivity contribution < 1.29 is 4.79 Å². The van der Waals surface area contributed by atoms with Crippen LogP contribution in [0.5, 0.6) is 0 Å². The van der Waals surface area contributed by atoms with Gasteiger partial charge in [-0.2, -0.15) is 0 Å². The highest BCUT2D eigenvalue weighted by atomic mass is 35.5. The summed E-state index contributed by atoms with van der Waals surface area (Å²) in [5, 5.41) is 2.01. The molecule has 2 aromatic rings. The Morgan fingerprint density at radius 2 is 2.21 bits per heavy atom. The van der Waals surface area contributed by atoms with E-state index in [0.29, 0.717) is 12.3 Å². The number of aromatic nitrogens is 2. The number of nitrogens with two attached hydrogens (primary N) is 1. The lowest BCUT2D eigenvalue weighted by Crippen LogP contribution is -2.48. The number of carbonyl (C=O) groups excluding carboxylic acids is 1. The first kappa shape index (κ1) is 19.4. The van der Waals surface area contributed by atoms with E-state index in [1.54, 1.807) is 17.7 Å². The van der Waals surface area contributed by atoms with E-state index in [0.717, 1.165) is 34.6 Å². The van der Waals surface area contributed by atoms with E-state index in [2.05, 4.69) is 23.8 Å². The number of fused-ring (bicyclic) bond motifs is 1. The first-order valence-electron chi connectivity index (χ1n) is 7.95. The van der Waals surface area contributed by atoms with Crippen molar-refractivity contribution in [1.82, 2.24) is 14.9 Å². The van der Waals surface area contributed by atoms with E-state index in [9.17, 15) is 4.79 Å². The van der Waals surface area contributed by atoms with Gasteiger partial charge in [-0.1, -0.05) is 11.8 Å². The second kappa shape index (κ2) is 8.47. The number of piperidine rings is 1. The number of thiophene rings is 1. The van der Waals surface area contributed by atoms with Crippen molar-refractivity contribution in [3.63, 3.8) is 0 Å². The minimum absolute atomic E-state index is 0. The third-order valence-electron chi connectivity index (χ3n) is 4.48. The highest BCUT2D eigenvalue weighted by molar-refractivity contribution is 8.00. The normalized spacial score (nSPS) is 17.8. The maximum atomic E-state index is 12.6. The van der Waals surface area contributed by atoms with Gasteiger partial charge in [0.1, 0.15) is 16.2 Å². The number of halogens is 1. The SMILES string of the molecule is Cc1sc2ncnc(SCC(=O)N3CCCCC3CN)c2c1C.Cl. The Morgan fingerprint density at radius 3 is 2.96 bits per heavy atom. The van der Waals surface area contributed by atoms with Gasteiger partial charge in [-0.3, -0.25) is 4.79 Å². The van der Waals surface area contributed by atoms with Crippen LogP contribution < -0.4 is 5.73 Å². The Morgan fingerprint density at radius 1 is 1.42 bits per heavy atom. The van der Waals surface area contributed by atoms with Crippen LogP contribution in [0.1, 0.15) is 29.7 Å². The molecule has 132 valence electrons. The van der Waals surface area contributed by atoms with Crippen molar-refractivity contribution in [3.8, 4) is 0 Å². The van der Waals surface area contributed by atoms with E-state index < -0.39 is 0 Å². The summed E-state index contributed by atoms with van der Waals surface area (Å²) in [6, 6.07) is 0.201. The van der Waals surface area contributed by atoms with E-state index >= 15 is 0 Å². The molecule has 8 heteroatoms. The highest BCUT2D eigenvalue weighted by Crippen LogP contribution is 2.34. The molecule has 0 bridgehead atoms. The Hall–Kier alpha value is -0.890. The lowest BCUT2D eigenvalue weighted by atomic mass is 10.0. The summed E-state index contributed by atoms with van der Waals surface area (Å²) in [5.41, 5.74) is 7.04. The molecule has 1 unspecified atom stereocenters. The fourth-order valence-electron chi connectivity index (χ4n) is 3.05. The quantitative estimate of drug-likeness (QED) is 0.645. The average Bonchev–Trinajstić information content (AvgIpc) is 2.87. The summed E-state index contributed by atoms with van der Waals surface area (Å²) in [5.74, 6) is 0.582. The molecule has 1 atom stereocenters. The number of nitrogens with zero attached hydrogens (tertiary/aromatic N) is 3. The fourth-order valence-corrected chi connectivity index (χ4v) is 5.05. The van der Waals surface area contributed by atoms with Crippen molar-refractivity contribution in [1.29, 1.82) is 0 Å². The average molecular weight is 387 g/mol. The molecular formula is C16H23ClN4OS2. The number of hydrogen-bond acceptors (Lipinski definition) is 6. The van der Waals surface area contributed by atoms with Gasteiger partial charge in [-0.25, -0.2) is 9.97 Å².